The first kappa shape index (κ1) is 11.2. The van der Waals surface area contributed by atoms with E-state index in [9.17, 15) is 9.18 Å². The van der Waals surface area contributed by atoms with Crippen LogP contribution in [0.15, 0.2) is 34.7 Å². The van der Waals surface area contributed by atoms with E-state index in [1.807, 2.05) is 6.92 Å². The minimum atomic E-state index is -1.14. The van der Waals surface area contributed by atoms with Crippen LogP contribution >= 0.6 is 0 Å². The van der Waals surface area contributed by atoms with Crippen LogP contribution in [0.3, 0.4) is 0 Å². The average molecular weight is 235 g/mol. The van der Waals surface area contributed by atoms with Gasteiger partial charge in [0.25, 0.3) is 0 Å². The first-order valence-corrected chi connectivity index (χ1v) is 4.92. The molecule has 0 fully saturated rings. The molecule has 88 valence electrons. The standard InChI is InChI=1S/C12H10FNO3/c1-7-2-3-8(13)6-9(7)14-11-5-4-10(17-11)12(15)16/h2-6,14H,1H3,(H,15,16). The van der Waals surface area contributed by atoms with Crippen LogP contribution in [0.2, 0.25) is 0 Å². The fourth-order valence-electron chi connectivity index (χ4n) is 1.38. The lowest BCUT2D eigenvalue weighted by molar-refractivity contribution is 0.0663. The molecule has 0 aliphatic rings. The normalized spacial score (nSPS) is 10.2. The summed E-state index contributed by atoms with van der Waals surface area (Å²) in [6.45, 7) is 1.81. The van der Waals surface area contributed by atoms with Gasteiger partial charge in [0.1, 0.15) is 5.82 Å². The molecule has 0 aliphatic carbocycles. The summed E-state index contributed by atoms with van der Waals surface area (Å²) in [5.74, 6) is -1.42. The molecule has 0 unspecified atom stereocenters. The van der Waals surface area contributed by atoms with E-state index in [-0.39, 0.29) is 17.5 Å². The fourth-order valence-corrected chi connectivity index (χ4v) is 1.38. The molecule has 0 spiro atoms. The van der Waals surface area contributed by atoms with Gasteiger partial charge in [-0.1, -0.05) is 6.07 Å². The van der Waals surface area contributed by atoms with Crippen LogP contribution < -0.4 is 5.32 Å². The van der Waals surface area contributed by atoms with Crippen LogP contribution in [0, 0.1) is 12.7 Å². The van der Waals surface area contributed by atoms with E-state index < -0.39 is 5.97 Å². The van der Waals surface area contributed by atoms with Crippen LogP contribution in [0.25, 0.3) is 0 Å². The number of aryl methyl sites for hydroxylation is 1. The minimum absolute atomic E-state index is 0.165. The van der Waals surface area contributed by atoms with Crippen LogP contribution in [-0.2, 0) is 0 Å². The topological polar surface area (TPSA) is 62.5 Å². The van der Waals surface area contributed by atoms with Gasteiger partial charge in [-0.3, -0.25) is 0 Å². The maximum Gasteiger partial charge on any atom is 0.371 e. The summed E-state index contributed by atoms with van der Waals surface area (Å²) in [5, 5.41) is 11.5. The number of carboxylic acid groups (broad SMARTS) is 1. The molecule has 0 saturated heterocycles. The second-order valence-electron chi connectivity index (χ2n) is 3.55. The molecule has 0 aliphatic heterocycles. The zero-order chi connectivity index (χ0) is 12.4. The van der Waals surface area contributed by atoms with Crippen LogP contribution in [0.5, 0.6) is 0 Å². The number of rotatable bonds is 3. The number of halogens is 1. The molecule has 1 aromatic heterocycles. The predicted octanol–water partition coefficient (Wildman–Crippen LogP) is 3.17. The highest BCUT2D eigenvalue weighted by atomic mass is 19.1. The summed E-state index contributed by atoms with van der Waals surface area (Å²) >= 11 is 0. The van der Waals surface area contributed by atoms with E-state index in [1.54, 1.807) is 6.07 Å². The van der Waals surface area contributed by atoms with Crippen molar-refractivity contribution in [1.82, 2.24) is 0 Å². The van der Waals surface area contributed by atoms with Gasteiger partial charge in [-0.2, -0.15) is 0 Å². The Morgan fingerprint density at radius 2 is 2.12 bits per heavy atom. The summed E-state index contributed by atoms with van der Waals surface area (Å²) in [4.78, 5) is 10.6. The Labute approximate surface area is 96.7 Å². The molecule has 1 aromatic carbocycles. The van der Waals surface area contributed by atoms with Gasteiger partial charge in [0, 0.05) is 11.8 Å². The number of hydrogen-bond donors (Lipinski definition) is 2. The maximum atomic E-state index is 13.0. The predicted molar refractivity (Wildman–Crippen MR) is 60.1 cm³/mol. The number of furan rings is 1. The Hall–Kier alpha value is -2.30. The van der Waals surface area contributed by atoms with Gasteiger partial charge in [0.2, 0.25) is 5.76 Å². The van der Waals surface area contributed by atoms with Crippen molar-refractivity contribution in [3.63, 3.8) is 0 Å². The molecular weight excluding hydrogens is 225 g/mol. The summed E-state index contributed by atoms with van der Waals surface area (Å²) in [6.07, 6.45) is 0. The first-order valence-electron chi connectivity index (χ1n) is 4.92. The highest BCUT2D eigenvalue weighted by Gasteiger charge is 2.09. The van der Waals surface area contributed by atoms with Gasteiger partial charge in [-0.05, 0) is 30.7 Å². The van der Waals surface area contributed by atoms with E-state index in [1.165, 1.54) is 24.3 Å². The fraction of sp³-hybridized carbons (Fsp3) is 0.0833. The van der Waals surface area contributed by atoms with E-state index in [4.69, 9.17) is 9.52 Å². The number of carbonyl (C=O) groups is 1. The van der Waals surface area contributed by atoms with Crippen molar-refractivity contribution >= 4 is 17.5 Å². The second-order valence-corrected chi connectivity index (χ2v) is 3.55. The monoisotopic (exact) mass is 235 g/mol. The summed E-state index contributed by atoms with van der Waals surface area (Å²) in [7, 11) is 0. The Morgan fingerprint density at radius 3 is 2.76 bits per heavy atom. The largest absolute Gasteiger partial charge is 0.475 e. The van der Waals surface area contributed by atoms with E-state index in [0.717, 1.165) is 5.56 Å². The van der Waals surface area contributed by atoms with Crippen LogP contribution in [0.4, 0.5) is 16.0 Å². The van der Waals surface area contributed by atoms with Crippen LogP contribution in [-0.4, -0.2) is 11.1 Å². The Bertz CT molecular complexity index is 563. The smallest absolute Gasteiger partial charge is 0.371 e. The summed E-state index contributed by atoms with van der Waals surface area (Å²) in [6, 6.07) is 7.11. The molecule has 17 heavy (non-hydrogen) atoms. The quantitative estimate of drug-likeness (QED) is 0.857. The lowest BCUT2D eigenvalue weighted by Crippen LogP contribution is -1.94. The van der Waals surface area contributed by atoms with Gasteiger partial charge in [0.15, 0.2) is 5.88 Å². The summed E-state index contributed by atoms with van der Waals surface area (Å²) in [5.41, 5.74) is 1.37. The zero-order valence-electron chi connectivity index (χ0n) is 9.03. The van der Waals surface area contributed by atoms with Crippen molar-refractivity contribution in [1.29, 1.82) is 0 Å². The Balaban J connectivity index is 2.25. The first-order chi connectivity index (χ1) is 8.06. The molecule has 0 radical (unpaired) electrons. The van der Waals surface area contributed by atoms with Gasteiger partial charge in [0.05, 0.1) is 0 Å². The molecular formula is C12H10FNO3. The van der Waals surface area contributed by atoms with Gasteiger partial charge in [-0.25, -0.2) is 9.18 Å². The number of nitrogens with one attached hydrogen (secondary N) is 1. The number of benzene rings is 1. The molecule has 0 atom stereocenters. The maximum absolute atomic E-state index is 13.0. The molecule has 2 rings (SSSR count). The molecule has 2 aromatic rings. The molecule has 4 nitrogen and oxygen atoms in total. The lowest BCUT2D eigenvalue weighted by atomic mass is 10.2. The number of aromatic carboxylic acids is 1. The lowest BCUT2D eigenvalue weighted by Gasteiger charge is -2.06. The number of carboxylic acids is 1. The van der Waals surface area contributed by atoms with Crippen molar-refractivity contribution < 1.29 is 18.7 Å². The number of hydrogen-bond acceptors (Lipinski definition) is 3. The van der Waals surface area contributed by atoms with E-state index >= 15 is 0 Å². The van der Waals surface area contributed by atoms with Gasteiger partial charge in [-0.15, -0.1) is 0 Å². The molecule has 2 N–H and O–H groups in total. The van der Waals surface area contributed by atoms with Gasteiger partial charge < -0.3 is 14.8 Å². The summed E-state index contributed by atoms with van der Waals surface area (Å²) < 4.78 is 18.0. The average Bonchev–Trinajstić information content (AvgIpc) is 2.72. The number of anilines is 2. The van der Waals surface area contributed by atoms with Crippen molar-refractivity contribution in [3.8, 4) is 0 Å². The van der Waals surface area contributed by atoms with Gasteiger partial charge >= 0.3 is 5.97 Å². The highest BCUT2D eigenvalue weighted by Crippen LogP contribution is 2.23. The van der Waals surface area contributed by atoms with Crippen LogP contribution in [0.1, 0.15) is 16.1 Å². The zero-order valence-corrected chi connectivity index (χ0v) is 9.03. The SMILES string of the molecule is Cc1ccc(F)cc1Nc1ccc(C(=O)O)o1. The Morgan fingerprint density at radius 1 is 1.35 bits per heavy atom. The third-order valence-electron chi connectivity index (χ3n) is 2.27. The third-order valence-corrected chi connectivity index (χ3v) is 2.27. The van der Waals surface area contributed by atoms with Crippen molar-refractivity contribution in [2.24, 2.45) is 0 Å². The Kier molecular flexibility index (Phi) is 2.82. The molecule has 5 heteroatoms. The van der Waals surface area contributed by atoms with Crippen molar-refractivity contribution in [3.05, 3.63) is 47.5 Å². The van der Waals surface area contributed by atoms with Crippen molar-refractivity contribution in [2.75, 3.05) is 5.32 Å². The van der Waals surface area contributed by atoms with Crippen molar-refractivity contribution in [2.45, 2.75) is 6.92 Å². The molecule has 1 heterocycles. The van der Waals surface area contributed by atoms with E-state index in [0.29, 0.717) is 5.69 Å². The molecule has 0 amide bonds. The third kappa shape index (κ3) is 2.44. The van der Waals surface area contributed by atoms with E-state index in [2.05, 4.69) is 5.32 Å². The second kappa shape index (κ2) is 4.29. The minimum Gasteiger partial charge on any atom is -0.475 e. The highest BCUT2D eigenvalue weighted by molar-refractivity contribution is 5.85. The molecule has 0 bridgehead atoms. The molecule has 0 saturated carbocycles.